The Morgan fingerprint density at radius 1 is 1.23 bits per heavy atom. The van der Waals surface area contributed by atoms with Crippen LogP contribution in [-0.2, 0) is 0 Å². The van der Waals surface area contributed by atoms with E-state index in [2.05, 4.69) is 0 Å². The second-order valence-electron chi connectivity index (χ2n) is 6.05. The molecule has 26 heavy (non-hydrogen) atoms. The first-order chi connectivity index (χ1) is 12.5. The molecule has 1 amide bonds. The Morgan fingerprint density at radius 2 is 1.96 bits per heavy atom. The number of fused-ring (bicyclic) bond motifs is 1. The van der Waals surface area contributed by atoms with E-state index in [1.807, 2.05) is 31.2 Å². The molecule has 7 nitrogen and oxygen atoms in total. The van der Waals surface area contributed by atoms with Gasteiger partial charge in [0.1, 0.15) is 6.61 Å². The molecule has 0 bridgehead atoms. The van der Waals surface area contributed by atoms with Crippen molar-refractivity contribution in [3.05, 3.63) is 63.7 Å². The molecule has 7 heteroatoms. The minimum absolute atomic E-state index is 0.0573. The van der Waals surface area contributed by atoms with Gasteiger partial charge in [0.25, 0.3) is 11.6 Å². The fourth-order valence-electron chi connectivity index (χ4n) is 2.98. The van der Waals surface area contributed by atoms with E-state index >= 15 is 0 Å². The van der Waals surface area contributed by atoms with Gasteiger partial charge in [0.15, 0.2) is 17.6 Å². The molecule has 136 valence electrons. The zero-order valence-electron chi connectivity index (χ0n) is 14.7. The van der Waals surface area contributed by atoms with Crippen LogP contribution in [0.2, 0.25) is 0 Å². The monoisotopic (exact) mass is 356 g/mol. The van der Waals surface area contributed by atoms with E-state index < -0.39 is 4.92 Å². The normalized spacial score (nSPS) is 15.4. The summed E-state index contributed by atoms with van der Waals surface area (Å²) in [7, 11) is 0. The minimum atomic E-state index is -0.475. The Morgan fingerprint density at radius 3 is 2.65 bits per heavy atom. The molecule has 0 fully saturated rings. The van der Waals surface area contributed by atoms with E-state index in [9.17, 15) is 14.9 Å². The third-order valence-electron chi connectivity index (χ3n) is 4.39. The van der Waals surface area contributed by atoms with E-state index in [1.54, 1.807) is 17.9 Å². The number of benzene rings is 2. The van der Waals surface area contributed by atoms with E-state index in [0.29, 0.717) is 42.3 Å². The molecule has 1 heterocycles. The highest BCUT2D eigenvalue weighted by Crippen LogP contribution is 2.31. The van der Waals surface area contributed by atoms with Gasteiger partial charge in [-0.2, -0.15) is 0 Å². The number of ether oxygens (including phenoxy) is 2. The molecule has 1 atom stereocenters. The van der Waals surface area contributed by atoms with Gasteiger partial charge in [-0.25, -0.2) is 0 Å². The first-order valence-corrected chi connectivity index (χ1v) is 8.43. The van der Waals surface area contributed by atoms with Crippen LogP contribution >= 0.6 is 0 Å². The topological polar surface area (TPSA) is 81.9 Å². The number of nitro benzene ring substituents is 1. The van der Waals surface area contributed by atoms with Crippen molar-refractivity contribution in [2.24, 2.45) is 0 Å². The summed E-state index contributed by atoms with van der Waals surface area (Å²) < 4.78 is 11.6. The predicted molar refractivity (Wildman–Crippen MR) is 95.8 cm³/mol. The second kappa shape index (κ2) is 7.43. The van der Waals surface area contributed by atoms with Crippen molar-refractivity contribution in [3.63, 3.8) is 0 Å². The molecule has 0 aliphatic carbocycles. The number of hydrogen-bond acceptors (Lipinski definition) is 5. The van der Waals surface area contributed by atoms with Gasteiger partial charge >= 0.3 is 0 Å². The van der Waals surface area contributed by atoms with Crippen LogP contribution in [0.4, 0.5) is 5.69 Å². The molecule has 1 aliphatic rings. The SMILES string of the molecule is CCN(CC1COc2ccccc2O1)C(=O)c1cccc([N+](=O)[O-])c1C. The van der Waals surface area contributed by atoms with Gasteiger partial charge in [-0.3, -0.25) is 14.9 Å². The number of amides is 1. The lowest BCUT2D eigenvalue weighted by atomic mass is 10.1. The van der Waals surface area contributed by atoms with Gasteiger partial charge in [0.05, 0.1) is 11.5 Å². The average molecular weight is 356 g/mol. The van der Waals surface area contributed by atoms with Crippen LogP contribution in [0.15, 0.2) is 42.5 Å². The van der Waals surface area contributed by atoms with Gasteiger partial charge in [-0.05, 0) is 32.0 Å². The lowest BCUT2D eigenvalue weighted by molar-refractivity contribution is -0.385. The zero-order chi connectivity index (χ0) is 18.7. The van der Waals surface area contributed by atoms with Crippen LogP contribution in [0.5, 0.6) is 11.5 Å². The maximum Gasteiger partial charge on any atom is 0.273 e. The van der Waals surface area contributed by atoms with E-state index in [4.69, 9.17) is 9.47 Å². The van der Waals surface area contributed by atoms with Crippen LogP contribution in [0.25, 0.3) is 0 Å². The molecule has 0 saturated heterocycles. The minimum Gasteiger partial charge on any atom is -0.486 e. The molecule has 3 rings (SSSR count). The molecule has 1 unspecified atom stereocenters. The summed E-state index contributed by atoms with van der Waals surface area (Å²) in [6, 6.07) is 11.9. The Kier molecular flexibility index (Phi) is 5.06. The summed E-state index contributed by atoms with van der Waals surface area (Å²) >= 11 is 0. The third kappa shape index (κ3) is 3.46. The van der Waals surface area contributed by atoms with Crippen LogP contribution < -0.4 is 9.47 Å². The molecule has 1 aliphatic heterocycles. The van der Waals surface area contributed by atoms with Crippen LogP contribution in [-0.4, -0.2) is 41.5 Å². The van der Waals surface area contributed by atoms with Crippen molar-refractivity contribution >= 4 is 11.6 Å². The lowest BCUT2D eigenvalue weighted by Crippen LogP contribution is -2.43. The van der Waals surface area contributed by atoms with Crippen molar-refractivity contribution < 1.29 is 19.2 Å². The number of likely N-dealkylation sites (N-methyl/N-ethyl adjacent to an activating group) is 1. The highest BCUT2D eigenvalue weighted by atomic mass is 16.6. The van der Waals surface area contributed by atoms with Gasteiger partial charge in [0, 0.05) is 23.7 Å². The summed E-state index contributed by atoms with van der Waals surface area (Å²) in [5.74, 6) is 1.09. The molecular formula is C19H20N2O5. The highest BCUT2D eigenvalue weighted by molar-refractivity contribution is 5.96. The summed E-state index contributed by atoms with van der Waals surface area (Å²) in [6.45, 7) is 4.60. The Balaban J connectivity index is 1.77. The maximum atomic E-state index is 12.9. The lowest BCUT2D eigenvalue weighted by Gasteiger charge is -2.31. The first kappa shape index (κ1) is 17.7. The van der Waals surface area contributed by atoms with Gasteiger partial charge in [-0.15, -0.1) is 0 Å². The summed E-state index contributed by atoms with van der Waals surface area (Å²) in [4.78, 5) is 25.2. The smallest absolute Gasteiger partial charge is 0.273 e. The summed E-state index contributed by atoms with van der Waals surface area (Å²) in [5.41, 5.74) is 0.642. The number of nitro groups is 1. The van der Waals surface area contributed by atoms with Crippen LogP contribution in [0.3, 0.4) is 0 Å². The standard InChI is InChI=1S/C19H20N2O5/c1-3-20(11-14-12-25-17-9-4-5-10-18(17)26-14)19(22)15-7-6-8-16(13(15)2)21(23)24/h4-10,14H,3,11-12H2,1-2H3. The number of carbonyl (C=O) groups excluding carboxylic acids is 1. The van der Waals surface area contributed by atoms with E-state index in [0.717, 1.165) is 0 Å². The number of nitrogens with zero attached hydrogens (tertiary/aromatic N) is 2. The van der Waals surface area contributed by atoms with Crippen molar-refractivity contribution in [1.29, 1.82) is 0 Å². The largest absolute Gasteiger partial charge is 0.486 e. The van der Waals surface area contributed by atoms with Crippen molar-refractivity contribution in [2.75, 3.05) is 19.7 Å². The second-order valence-corrected chi connectivity index (χ2v) is 6.05. The zero-order valence-corrected chi connectivity index (χ0v) is 14.7. The molecule has 2 aromatic rings. The molecule has 0 radical (unpaired) electrons. The highest BCUT2D eigenvalue weighted by Gasteiger charge is 2.27. The average Bonchev–Trinajstić information content (AvgIpc) is 2.65. The molecule has 2 aromatic carbocycles. The Labute approximate surface area is 151 Å². The molecule has 0 spiro atoms. The molecule has 0 N–H and O–H groups in total. The van der Waals surface area contributed by atoms with Crippen molar-refractivity contribution in [2.45, 2.75) is 20.0 Å². The number of carbonyl (C=O) groups is 1. The molecule has 0 aromatic heterocycles. The Bertz CT molecular complexity index is 836. The third-order valence-corrected chi connectivity index (χ3v) is 4.39. The Hall–Kier alpha value is -3.09. The maximum absolute atomic E-state index is 12.9. The van der Waals surface area contributed by atoms with E-state index in [1.165, 1.54) is 12.1 Å². The molecular weight excluding hydrogens is 336 g/mol. The predicted octanol–water partition coefficient (Wildman–Crippen LogP) is 3.21. The van der Waals surface area contributed by atoms with Gasteiger partial charge < -0.3 is 14.4 Å². The summed E-state index contributed by atoms with van der Waals surface area (Å²) in [5, 5.41) is 11.1. The number of para-hydroxylation sites is 2. The fourth-order valence-corrected chi connectivity index (χ4v) is 2.98. The van der Waals surface area contributed by atoms with Crippen LogP contribution in [0, 0.1) is 17.0 Å². The van der Waals surface area contributed by atoms with Crippen molar-refractivity contribution in [1.82, 2.24) is 4.90 Å². The van der Waals surface area contributed by atoms with E-state index in [-0.39, 0.29) is 17.7 Å². The summed E-state index contributed by atoms with van der Waals surface area (Å²) in [6.07, 6.45) is -0.298. The van der Waals surface area contributed by atoms with Gasteiger partial charge in [0.2, 0.25) is 0 Å². The molecule has 0 saturated carbocycles. The fraction of sp³-hybridized carbons (Fsp3) is 0.316. The van der Waals surface area contributed by atoms with Crippen molar-refractivity contribution in [3.8, 4) is 11.5 Å². The van der Waals surface area contributed by atoms with Crippen LogP contribution in [0.1, 0.15) is 22.8 Å². The first-order valence-electron chi connectivity index (χ1n) is 8.43. The number of hydrogen-bond donors (Lipinski definition) is 0. The quantitative estimate of drug-likeness (QED) is 0.607. The van der Waals surface area contributed by atoms with Gasteiger partial charge in [-0.1, -0.05) is 18.2 Å². The number of rotatable bonds is 5.